The van der Waals surface area contributed by atoms with Crippen LogP contribution in [-0.2, 0) is 25.7 Å². The number of nitrogens with one attached hydrogen (secondary N) is 2. The van der Waals surface area contributed by atoms with E-state index in [4.69, 9.17) is 27.6 Å². The van der Waals surface area contributed by atoms with Crippen LogP contribution >= 0.6 is 22.9 Å². The molecule has 3 amide bonds. The highest BCUT2D eigenvalue weighted by Gasteiger charge is 2.67. The molecular formula is C55H64ClN5O8S. The summed E-state index contributed by atoms with van der Waals surface area (Å²) < 4.78 is 12.2. The van der Waals surface area contributed by atoms with Gasteiger partial charge in [-0.3, -0.25) is 19.2 Å². The number of ether oxygens (including phenoxy) is 2. The number of Topliss-reactive ketones (excluding diaryl/α,β-unsaturated/α-hetero) is 1. The van der Waals surface area contributed by atoms with Crippen molar-refractivity contribution >= 4 is 52.1 Å². The summed E-state index contributed by atoms with van der Waals surface area (Å²) in [5.74, 6) is 4.16. The lowest BCUT2D eigenvalue weighted by Crippen LogP contribution is -2.74. The molecule has 2 heterocycles. The molecule has 13 nitrogen and oxygen atoms in total. The average Bonchev–Trinajstić information content (AvgIpc) is 4.02. The fourth-order valence-electron chi connectivity index (χ4n) is 11.1. The molecule has 0 saturated heterocycles. The monoisotopic (exact) mass is 989 g/mol. The van der Waals surface area contributed by atoms with Gasteiger partial charge < -0.3 is 35.2 Å². The van der Waals surface area contributed by atoms with Gasteiger partial charge in [0.25, 0.3) is 5.91 Å². The molecule has 3 aromatic carbocycles. The minimum Gasteiger partial charge on any atom is -0.489 e. The number of ketones is 1. The molecule has 2 aliphatic carbocycles. The van der Waals surface area contributed by atoms with Crippen molar-refractivity contribution in [1.29, 1.82) is 0 Å². The van der Waals surface area contributed by atoms with Crippen molar-refractivity contribution in [2.75, 3.05) is 19.8 Å². The Balaban J connectivity index is 0.855. The number of hydrogen-bond donors (Lipinski definition) is 4. The van der Waals surface area contributed by atoms with Crippen LogP contribution in [0.4, 0.5) is 5.69 Å². The molecule has 3 aliphatic rings. The van der Waals surface area contributed by atoms with Crippen molar-refractivity contribution in [3.8, 4) is 28.0 Å². The fraction of sp³-hybridized carbons (Fsp3) is 0.491. The third-order valence-electron chi connectivity index (χ3n) is 14.1. The second kappa shape index (κ2) is 21.4. The Bertz CT molecular complexity index is 2690. The number of benzene rings is 3. The molecule has 2 saturated carbocycles. The van der Waals surface area contributed by atoms with Crippen LogP contribution in [0, 0.1) is 53.4 Å². The number of aliphatic hydroxyl groups is 2. The van der Waals surface area contributed by atoms with Crippen molar-refractivity contribution in [1.82, 2.24) is 20.5 Å². The first kappa shape index (κ1) is 52.2. The zero-order chi connectivity index (χ0) is 50.7. The molecule has 0 radical (unpaired) electrons. The van der Waals surface area contributed by atoms with Crippen LogP contribution < -0.4 is 15.4 Å². The quantitative estimate of drug-likeness (QED) is 0.0458. The van der Waals surface area contributed by atoms with E-state index >= 15 is 0 Å². The van der Waals surface area contributed by atoms with Crippen LogP contribution in [0.15, 0.2) is 66.2 Å². The molecule has 70 heavy (non-hydrogen) atoms. The minimum atomic E-state index is -0.938. The van der Waals surface area contributed by atoms with Crippen LogP contribution in [0.1, 0.15) is 119 Å². The van der Waals surface area contributed by atoms with Crippen LogP contribution in [0.25, 0.3) is 15.3 Å². The highest BCUT2D eigenvalue weighted by Crippen LogP contribution is 2.59. The number of hydrogen-bond acceptors (Lipinski definition) is 10. The molecule has 1 unspecified atom stereocenters. The van der Waals surface area contributed by atoms with E-state index in [0.29, 0.717) is 53.6 Å². The smallest absolute Gasteiger partial charge is 0.254 e. The Hall–Kier alpha value is -5.61. The van der Waals surface area contributed by atoms with Crippen LogP contribution in [0.5, 0.6) is 5.75 Å². The average molecular weight is 991 g/mol. The number of thiazole rings is 1. The first-order chi connectivity index (χ1) is 33.1. The second-order valence-electron chi connectivity index (χ2n) is 21.1. The Morgan fingerprint density at radius 2 is 1.73 bits per heavy atom. The molecule has 5 atom stereocenters. The van der Waals surface area contributed by atoms with Gasteiger partial charge in [0.15, 0.2) is 5.78 Å². The largest absolute Gasteiger partial charge is 0.489 e. The van der Waals surface area contributed by atoms with Gasteiger partial charge in [-0.05, 0) is 85.0 Å². The molecule has 2 fully saturated rings. The third-order valence-corrected chi connectivity index (χ3v) is 15.4. The van der Waals surface area contributed by atoms with Crippen molar-refractivity contribution in [3.63, 3.8) is 0 Å². The number of unbranched alkanes of at least 4 members (excludes halogenated alkanes) is 2. The number of carbonyl (C=O) groups excluding carboxylic acids is 4. The van der Waals surface area contributed by atoms with Gasteiger partial charge in [0.05, 0.1) is 58.4 Å². The van der Waals surface area contributed by atoms with Gasteiger partial charge in [-0.25, -0.2) is 9.83 Å². The van der Waals surface area contributed by atoms with E-state index in [0.717, 1.165) is 33.7 Å². The van der Waals surface area contributed by atoms with E-state index in [2.05, 4.69) is 60.0 Å². The third kappa shape index (κ3) is 11.1. The molecular weight excluding hydrogens is 926 g/mol. The maximum Gasteiger partial charge on any atom is 0.254 e. The van der Waals surface area contributed by atoms with Gasteiger partial charge in [-0.1, -0.05) is 102 Å². The number of aryl methyl sites for hydroxylation is 1. The van der Waals surface area contributed by atoms with Crippen molar-refractivity contribution < 1.29 is 38.9 Å². The van der Waals surface area contributed by atoms with Gasteiger partial charge in [-0.2, -0.15) is 0 Å². The summed E-state index contributed by atoms with van der Waals surface area (Å²) in [5.41, 5.74) is 5.77. The molecule has 0 bridgehead atoms. The highest BCUT2D eigenvalue weighted by atomic mass is 35.5. The van der Waals surface area contributed by atoms with Gasteiger partial charge in [0.1, 0.15) is 18.5 Å². The standard InChI is InChI=1S/C55H64ClN5O8S/c1-32-47(70-31-58-32)35-18-16-34(17-19-35)44(29-62)59-49(66)41-26-37(63)25-40(41)46(65)48(53(2,3)4)60-45(64)30-68-23-13-11-10-12-14-33-15-21-39-36(24-33)28-61(50(39)67)51-54(5,6)52(55(51,7)8)69-38-20-22-43(57-9)42(56)27-38/h15-22,24,27,31,37,40-41,44,48,51-52,62-63H,10-11,13,23,25-26,28-30H2,1-8H3,(H,59,66)(H,60,64)/t37-,40?,41+,44-,48+,51?,52?/m0/s1. The maximum atomic E-state index is 14.2. The first-order valence-electron chi connectivity index (χ1n) is 23.9. The Morgan fingerprint density at radius 1 is 1.01 bits per heavy atom. The molecule has 0 spiro atoms. The Labute approximate surface area is 420 Å². The number of halogens is 1. The lowest BCUT2D eigenvalue weighted by molar-refractivity contribution is -0.199. The summed E-state index contributed by atoms with van der Waals surface area (Å²) in [5, 5.41) is 27.1. The zero-order valence-corrected chi connectivity index (χ0v) is 42.8. The molecule has 7 rings (SSSR count). The summed E-state index contributed by atoms with van der Waals surface area (Å²) in [7, 11) is 0. The molecule has 1 aliphatic heterocycles. The van der Waals surface area contributed by atoms with E-state index < -0.39 is 47.3 Å². The normalized spacial score (nSPS) is 21.9. The molecule has 15 heteroatoms. The molecule has 4 N–H and O–H groups in total. The van der Waals surface area contributed by atoms with E-state index in [1.165, 1.54) is 11.3 Å². The summed E-state index contributed by atoms with van der Waals surface area (Å²) in [4.78, 5) is 65.7. The summed E-state index contributed by atoms with van der Waals surface area (Å²) in [6.45, 7) is 23.4. The Morgan fingerprint density at radius 3 is 2.37 bits per heavy atom. The summed E-state index contributed by atoms with van der Waals surface area (Å²) in [6, 6.07) is 16.6. The number of nitrogens with zero attached hydrogens (tertiary/aromatic N) is 3. The predicted octanol–water partition coefficient (Wildman–Crippen LogP) is 9.04. The van der Waals surface area contributed by atoms with Gasteiger partial charge in [0.2, 0.25) is 17.5 Å². The van der Waals surface area contributed by atoms with Gasteiger partial charge in [-0.15, -0.1) is 11.3 Å². The lowest BCUT2D eigenvalue weighted by Gasteiger charge is -2.65. The number of fused-ring (bicyclic) bond motifs is 1. The van der Waals surface area contributed by atoms with Gasteiger partial charge >= 0.3 is 0 Å². The van der Waals surface area contributed by atoms with E-state index in [-0.39, 0.29) is 60.7 Å². The number of rotatable bonds is 17. The summed E-state index contributed by atoms with van der Waals surface area (Å²) in [6.07, 6.45) is 1.12. The fourth-order valence-corrected chi connectivity index (χ4v) is 12.1. The van der Waals surface area contributed by atoms with E-state index in [1.54, 1.807) is 23.7 Å². The van der Waals surface area contributed by atoms with Crippen molar-refractivity contribution in [3.05, 3.63) is 111 Å². The predicted molar refractivity (Wildman–Crippen MR) is 270 cm³/mol. The number of amides is 3. The van der Waals surface area contributed by atoms with Crippen LogP contribution in [0.3, 0.4) is 0 Å². The summed E-state index contributed by atoms with van der Waals surface area (Å²) >= 11 is 7.83. The second-order valence-corrected chi connectivity index (χ2v) is 22.4. The highest BCUT2D eigenvalue weighted by molar-refractivity contribution is 7.13. The van der Waals surface area contributed by atoms with Gasteiger partial charge in [0, 0.05) is 53.5 Å². The zero-order valence-electron chi connectivity index (χ0n) is 41.2. The molecule has 4 aromatic rings. The topological polar surface area (TPSA) is 172 Å². The van der Waals surface area contributed by atoms with E-state index in [9.17, 15) is 29.4 Å². The SMILES string of the molecule is [C-]#[N+]c1ccc(OC2C(C)(C)C(N3Cc4cc(C#CCCCCOCC(=O)N[C@H](C(=O)C5C[C@H](O)C[C@H]5C(=O)N[C@@H](CO)c5ccc(-c6scnc6C)cc5)C(C)(C)C)ccc4C3=O)C2(C)C)cc1Cl. The maximum absolute atomic E-state index is 14.2. The minimum absolute atomic E-state index is 0.00502. The molecule has 1 aromatic heterocycles. The molecule has 370 valence electrons. The van der Waals surface area contributed by atoms with Crippen molar-refractivity contribution in [2.24, 2.45) is 28.1 Å². The van der Waals surface area contributed by atoms with Crippen LogP contribution in [0.2, 0.25) is 5.02 Å². The van der Waals surface area contributed by atoms with E-state index in [1.807, 2.05) is 75.1 Å². The van der Waals surface area contributed by atoms with Crippen molar-refractivity contribution in [2.45, 2.75) is 124 Å². The Kier molecular flexibility index (Phi) is 16.0. The lowest BCUT2D eigenvalue weighted by atomic mass is 9.49. The number of carbonyl (C=O) groups is 4. The first-order valence-corrected chi connectivity index (χ1v) is 25.2. The number of aliphatic hydroxyl groups excluding tert-OH is 2. The number of aromatic nitrogens is 1. The van der Waals surface area contributed by atoms with Crippen LogP contribution in [-0.4, -0.2) is 87.7 Å².